The minimum Gasteiger partial charge on any atom is -0.425 e. The second-order valence-corrected chi connectivity index (χ2v) is 6.48. The maximum atomic E-state index is 12.3. The monoisotopic (exact) mass is 325 g/mol. The Morgan fingerprint density at radius 3 is 2.54 bits per heavy atom. The molecule has 0 bridgehead atoms. The first kappa shape index (κ1) is 16.4. The molecule has 1 aromatic carbocycles. The summed E-state index contributed by atoms with van der Waals surface area (Å²) in [6, 6.07) is 9.86. The summed E-state index contributed by atoms with van der Waals surface area (Å²) in [5.41, 5.74) is 1.04. The van der Waals surface area contributed by atoms with Crippen LogP contribution in [0.1, 0.15) is 55.9 Å². The number of amides is 1. The maximum Gasteiger partial charge on any atom is 0.246 e. The SMILES string of the molecule is CC(C)c1nnc(C2CCN(C(=O)C=Cc3ccccc3)CC2)o1. The van der Waals surface area contributed by atoms with Gasteiger partial charge in [0.25, 0.3) is 0 Å². The van der Waals surface area contributed by atoms with Crippen molar-refractivity contribution in [2.75, 3.05) is 13.1 Å². The summed E-state index contributed by atoms with van der Waals surface area (Å²) in [5.74, 6) is 1.97. The fraction of sp³-hybridized carbons (Fsp3) is 0.421. The summed E-state index contributed by atoms with van der Waals surface area (Å²) < 4.78 is 5.75. The van der Waals surface area contributed by atoms with Crippen molar-refractivity contribution >= 4 is 12.0 Å². The highest BCUT2D eigenvalue weighted by atomic mass is 16.4. The van der Waals surface area contributed by atoms with E-state index in [2.05, 4.69) is 10.2 Å². The summed E-state index contributed by atoms with van der Waals surface area (Å²) in [6.07, 6.45) is 5.25. The van der Waals surface area contributed by atoms with Crippen molar-refractivity contribution in [1.82, 2.24) is 15.1 Å². The van der Waals surface area contributed by atoms with E-state index in [4.69, 9.17) is 4.42 Å². The molecule has 5 heteroatoms. The fourth-order valence-electron chi connectivity index (χ4n) is 2.83. The van der Waals surface area contributed by atoms with Gasteiger partial charge in [0.1, 0.15) is 0 Å². The number of likely N-dealkylation sites (tertiary alicyclic amines) is 1. The zero-order valence-electron chi connectivity index (χ0n) is 14.2. The highest BCUT2D eigenvalue weighted by Gasteiger charge is 2.26. The van der Waals surface area contributed by atoms with E-state index in [0.29, 0.717) is 11.8 Å². The number of benzene rings is 1. The van der Waals surface area contributed by atoms with Crippen LogP contribution in [0.3, 0.4) is 0 Å². The molecule has 1 aromatic heterocycles. The van der Waals surface area contributed by atoms with Gasteiger partial charge in [-0.3, -0.25) is 4.79 Å². The number of piperidine rings is 1. The van der Waals surface area contributed by atoms with Crippen LogP contribution in [-0.2, 0) is 4.79 Å². The normalized spacial score (nSPS) is 16.2. The molecule has 0 saturated carbocycles. The Labute approximate surface area is 142 Å². The van der Waals surface area contributed by atoms with Crippen molar-refractivity contribution in [3.8, 4) is 0 Å². The molecule has 2 aromatic rings. The minimum atomic E-state index is 0.0608. The lowest BCUT2D eigenvalue weighted by Crippen LogP contribution is -2.36. The van der Waals surface area contributed by atoms with Crippen molar-refractivity contribution in [2.24, 2.45) is 0 Å². The molecule has 0 spiro atoms. The van der Waals surface area contributed by atoms with Crippen LogP contribution >= 0.6 is 0 Å². The number of carbonyl (C=O) groups is 1. The third-order valence-corrected chi connectivity index (χ3v) is 4.32. The van der Waals surface area contributed by atoms with Gasteiger partial charge in [0, 0.05) is 31.0 Å². The lowest BCUT2D eigenvalue weighted by Gasteiger charge is -2.29. The van der Waals surface area contributed by atoms with E-state index >= 15 is 0 Å². The van der Waals surface area contributed by atoms with Crippen molar-refractivity contribution in [1.29, 1.82) is 0 Å². The van der Waals surface area contributed by atoms with Crippen LogP contribution in [0.2, 0.25) is 0 Å². The van der Waals surface area contributed by atoms with Gasteiger partial charge in [-0.05, 0) is 24.5 Å². The lowest BCUT2D eigenvalue weighted by atomic mass is 9.97. The van der Waals surface area contributed by atoms with Crippen molar-refractivity contribution in [3.63, 3.8) is 0 Å². The zero-order chi connectivity index (χ0) is 16.9. The van der Waals surface area contributed by atoms with Gasteiger partial charge in [-0.2, -0.15) is 0 Å². The van der Waals surface area contributed by atoms with Gasteiger partial charge in [-0.1, -0.05) is 44.2 Å². The predicted molar refractivity (Wildman–Crippen MR) is 92.4 cm³/mol. The largest absolute Gasteiger partial charge is 0.425 e. The molecule has 1 aliphatic rings. The Morgan fingerprint density at radius 2 is 1.92 bits per heavy atom. The van der Waals surface area contributed by atoms with Crippen LogP contribution in [0.5, 0.6) is 0 Å². The summed E-state index contributed by atoms with van der Waals surface area (Å²) in [6.45, 7) is 5.53. The Bertz CT molecular complexity index is 698. The molecule has 126 valence electrons. The molecule has 1 amide bonds. The Balaban J connectivity index is 1.54. The van der Waals surface area contributed by atoms with E-state index < -0.39 is 0 Å². The molecule has 1 saturated heterocycles. The molecule has 0 radical (unpaired) electrons. The molecule has 0 N–H and O–H groups in total. The fourth-order valence-corrected chi connectivity index (χ4v) is 2.83. The number of carbonyl (C=O) groups excluding carboxylic acids is 1. The van der Waals surface area contributed by atoms with E-state index in [1.807, 2.05) is 55.2 Å². The first-order valence-corrected chi connectivity index (χ1v) is 8.49. The van der Waals surface area contributed by atoms with Crippen LogP contribution < -0.4 is 0 Å². The highest BCUT2D eigenvalue weighted by Crippen LogP contribution is 2.28. The average molecular weight is 325 g/mol. The minimum absolute atomic E-state index is 0.0608. The van der Waals surface area contributed by atoms with Crippen LogP contribution in [0.25, 0.3) is 6.08 Å². The third kappa shape index (κ3) is 3.91. The number of nitrogens with zero attached hydrogens (tertiary/aromatic N) is 3. The van der Waals surface area contributed by atoms with Gasteiger partial charge in [0.15, 0.2) is 0 Å². The van der Waals surface area contributed by atoms with Gasteiger partial charge in [0.2, 0.25) is 17.7 Å². The van der Waals surface area contributed by atoms with E-state index in [1.54, 1.807) is 6.08 Å². The average Bonchev–Trinajstić information content (AvgIpc) is 3.11. The molecule has 5 nitrogen and oxygen atoms in total. The van der Waals surface area contributed by atoms with Crippen LogP contribution in [-0.4, -0.2) is 34.1 Å². The zero-order valence-corrected chi connectivity index (χ0v) is 14.2. The van der Waals surface area contributed by atoms with E-state index in [0.717, 1.165) is 31.5 Å². The predicted octanol–water partition coefficient (Wildman–Crippen LogP) is 3.61. The smallest absolute Gasteiger partial charge is 0.246 e. The van der Waals surface area contributed by atoms with Gasteiger partial charge < -0.3 is 9.32 Å². The molecule has 24 heavy (non-hydrogen) atoms. The topological polar surface area (TPSA) is 59.2 Å². The summed E-state index contributed by atoms with van der Waals surface area (Å²) in [4.78, 5) is 14.2. The second-order valence-electron chi connectivity index (χ2n) is 6.48. The Kier molecular flexibility index (Phi) is 5.08. The number of hydrogen-bond acceptors (Lipinski definition) is 4. The molecular formula is C19H23N3O2. The molecule has 0 unspecified atom stereocenters. The van der Waals surface area contributed by atoms with Gasteiger partial charge in [0.05, 0.1) is 0 Å². The molecule has 3 rings (SSSR count). The molecule has 1 fully saturated rings. The quantitative estimate of drug-likeness (QED) is 0.806. The lowest BCUT2D eigenvalue weighted by molar-refractivity contribution is -0.127. The van der Waals surface area contributed by atoms with Gasteiger partial charge in [-0.25, -0.2) is 0 Å². The van der Waals surface area contributed by atoms with Crippen molar-refractivity contribution < 1.29 is 9.21 Å². The molecule has 2 heterocycles. The molecular weight excluding hydrogens is 302 g/mol. The Hall–Kier alpha value is -2.43. The van der Waals surface area contributed by atoms with Gasteiger partial charge in [-0.15, -0.1) is 10.2 Å². The Morgan fingerprint density at radius 1 is 1.21 bits per heavy atom. The second kappa shape index (κ2) is 7.43. The van der Waals surface area contributed by atoms with E-state index in [-0.39, 0.29) is 17.7 Å². The van der Waals surface area contributed by atoms with Gasteiger partial charge >= 0.3 is 0 Å². The maximum absolute atomic E-state index is 12.3. The molecule has 1 aliphatic heterocycles. The first-order chi connectivity index (χ1) is 11.6. The van der Waals surface area contributed by atoms with Crippen LogP contribution in [0.15, 0.2) is 40.8 Å². The molecule has 0 atom stereocenters. The number of rotatable bonds is 4. The van der Waals surface area contributed by atoms with E-state index in [1.165, 1.54) is 0 Å². The standard InChI is InChI=1S/C19H23N3O2/c1-14(2)18-20-21-19(24-18)16-10-12-22(13-11-16)17(23)9-8-15-6-4-3-5-7-15/h3-9,14,16H,10-13H2,1-2H3. The van der Waals surface area contributed by atoms with Crippen molar-refractivity contribution in [2.45, 2.75) is 38.5 Å². The first-order valence-electron chi connectivity index (χ1n) is 8.49. The van der Waals surface area contributed by atoms with E-state index in [9.17, 15) is 4.79 Å². The summed E-state index contributed by atoms with van der Waals surface area (Å²) in [7, 11) is 0. The van der Waals surface area contributed by atoms with Crippen LogP contribution in [0.4, 0.5) is 0 Å². The summed E-state index contributed by atoms with van der Waals surface area (Å²) in [5, 5.41) is 8.27. The third-order valence-electron chi connectivity index (χ3n) is 4.32. The van der Waals surface area contributed by atoms with Crippen LogP contribution in [0, 0.1) is 0 Å². The number of aromatic nitrogens is 2. The summed E-state index contributed by atoms with van der Waals surface area (Å²) >= 11 is 0. The molecule has 0 aliphatic carbocycles. The van der Waals surface area contributed by atoms with Crippen molar-refractivity contribution in [3.05, 3.63) is 53.8 Å². The highest BCUT2D eigenvalue weighted by molar-refractivity contribution is 5.91. The number of hydrogen-bond donors (Lipinski definition) is 0.